The molecule has 2 aromatic rings. The van der Waals surface area contributed by atoms with E-state index in [4.69, 9.17) is 21.1 Å². The Kier molecular flexibility index (Phi) is 7.27. The third kappa shape index (κ3) is 5.22. The normalized spacial score (nSPS) is 22.2. The van der Waals surface area contributed by atoms with Gasteiger partial charge < -0.3 is 19.7 Å². The van der Waals surface area contributed by atoms with Crippen LogP contribution in [0.1, 0.15) is 41.2 Å². The minimum atomic E-state index is -0.470. The third-order valence-corrected chi connectivity index (χ3v) is 5.47. The zero-order valence-electron chi connectivity index (χ0n) is 16.1. The van der Waals surface area contributed by atoms with Crippen molar-refractivity contribution in [2.75, 3.05) is 20.3 Å². The number of aliphatic hydroxyl groups excluding tert-OH is 2. The Morgan fingerprint density at radius 2 is 1.96 bits per heavy atom. The molecule has 28 heavy (non-hydrogen) atoms. The van der Waals surface area contributed by atoms with Crippen molar-refractivity contribution in [2.45, 2.75) is 37.6 Å². The predicted molar refractivity (Wildman–Crippen MR) is 112 cm³/mol. The standard InChI is InChI=1S/C23H27ClO4/c1-15(14-27-2)17-5-3-16(4-6-17)9-19-10-18(7-8-22(19)24)23-12-20(26)11-21(13-25)28-23/h3-8,10,20-21,23,25-26H,1,9,11-14H2,2H3. The van der Waals surface area contributed by atoms with E-state index in [9.17, 15) is 10.2 Å². The molecule has 1 saturated heterocycles. The van der Waals surface area contributed by atoms with Crippen LogP contribution in [0.3, 0.4) is 0 Å². The van der Waals surface area contributed by atoms with E-state index in [1.165, 1.54) is 0 Å². The molecule has 1 heterocycles. The number of methoxy groups -OCH3 is 1. The molecule has 1 fully saturated rings. The van der Waals surface area contributed by atoms with Gasteiger partial charge in [0.15, 0.2) is 0 Å². The maximum absolute atomic E-state index is 10.1. The van der Waals surface area contributed by atoms with Crippen LogP contribution in [0, 0.1) is 0 Å². The predicted octanol–water partition coefficient (Wildman–Crippen LogP) is 4.16. The fourth-order valence-corrected chi connectivity index (χ4v) is 3.77. The Bertz CT molecular complexity index is 803. The van der Waals surface area contributed by atoms with Crippen LogP contribution in [0.5, 0.6) is 0 Å². The van der Waals surface area contributed by atoms with E-state index in [0.717, 1.165) is 27.8 Å². The summed E-state index contributed by atoms with van der Waals surface area (Å²) in [6.45, 7) is 4.45. The van der Waals surface area contributed by atoms with Crippen molar-refractivity contribution in [3.63, 3.8) is 0 Å². The largest absolute Gasteiger partial charge is 0.394 e. The molecule has 3 unspecified atom stereocenters. The summed E-state index contributed by atoms with van der Waals surface area (Å²) >= 11 is 6.43. The zero-order valence-corrected chi connectivity index (χ0v) is 16.9. The van der Waals surface area contributed by atoms with E-state index < -0.39 is 6.10 Å². The van der Waals surface area contributed by atoms with Gasteiger partial charge in [-0.3, -0.25) is 0 Å². The van der Waals surface area contributed by atoms with E-state index in [-0.39, 0.29) is 18.8 Å². The maximum atomic E-state index is 10.1. The highest BCUT2D eigenvalue weighted by molar-refractivity contribution is 6.31. The van der Waals surface area contributed by atoms with Crippen LogP contribution in [-0.2, 0) is 15.9 Å². The molecule has 150 valence electrons. The average molecular weight is 403 g/mol. The van der Waals surface area contributed by atoms with Gasteiger partial charge >= 0.3 is 0 Å². The second kappa shape index (κ2) is 9.68. The summed E-state index contributed by atoms with van der Waals surface area (Å²) in [5, 5.41) is 20.2. The molecule has 2 N–H and O–H groups in total. The minimum absolute atomic E-state index is 0.0886. The van der Waals surface area contributed by atoms with Crippen LogP contribution in [0.15, 0.2) is 49.0 Å². The topological polar surface area (TPSA) is 58.9 Å². The third-order valence-electron chi connectivity index (χ3n) is 5.10. The molecule has 2 aromatic carbocycles. The summed E-state index contributed by atoms with van der Waals surface area (Å²) in [7, 11) is 1.66. The second-order valence-electron chi connectivity index (χ2n) is 7.32. The highest BCUT2D eigenvalue weighted by Gasteiger charge is 2.29. The molecule has 5 heteroatoms. The second-order valence-corrected chi connectivity index (χ2v) is 7.72. The van der Waals surface area contributed by atoms with Crippen LogP contribution < -0.4 is 0 Å². The van der Waals surface area contributed by atoms with E-state index in [1.807, 2.05) is 30.3 Å². The summed E-state index contributed by atoms with van der Waals surface area (Å²) in [6.07, 6.45) is 0.643. The van der Waals surface area contributed by atoms with Crippen molar-refractivity contribution < 1.29 is 19.7 Å². The lowest BCUT2D eigenvalue weighted by atomic mass is 9.94. The lowest BCUT2D eigenvalue weighted by Gasteiger charge is -2.32. The fraction of sp³-hybridized carbons (Fsp3) is 0.391. The fourth-order valence-electron chi connectivity index (χ4n) is 3.59. The van der Waals surface area contributed by atoms with Crippen LogP contribution in [0.25, 0.3) is 5.57 Å². The van der Waals surface area contributed by atoms with E-state index >= 15 is 0 Å². The number of ether oxygens (including phenoxy) is 2. The number of aliphatic hydroxyl groups is 2. The molecular formula is C23H27ClO4. The van der Waals surface area contributed by atoms with Gasteiger partial charge in [-0.05, 0) is 40.3 Å². The molecule has 0 aliphatic carbocycles. The highest BCUT2D eigenvalue weighted by atomic mass is 35.5. The van der Waals surface area contributed by atoms with Crippen molar-refractivity contribution >= 4 is 17.2 Å². The molecule has 1 aliphatic rings. The summed E-state index contributed by atoms with van der Waals surface area (Å²) < 4.78 is 11.1. The van der Waals surface area contributed by atoms with Gasteiger partial charge in [-0.2, -0.15) is 0 Å². The van der Waals surface area contributed by atoms with Crippen molar-refractivity contribution in [3.8, 4) is 0 Å². The van der Waals surface area contributed by atoms with Crippen molar-refractivity contribution in [2.24, 2.45) is 0 Å². The summed E-state index contributed by atoms with van der Waals surface area (Å²) in [5.41, 5.74) is 5.13. The van der Waals surface area contributed by atoms with Gasteiger partial charge in [0.25, 0.3) is 0 Å². The maximum Gasteiger partial charge on any atom is 0.0854 e. The van der Waals surface area contributed by atoms with Gasteiger partial charge in [-0.15, -0.1) is 0 Å². The van der Waals surface area contributed by atoms with Gasteiger partial charge in [-0.25, -0.2) is 0 Å². The van der Waals surface area contributed by atoms with Crippen LogP contribution in [0.2, 0.25) is 5.02 Å². The van der Waals surface area contributed by atoms with Gasteiger partial charge in [-0.1, -0.05) is 54.6 Å². The Morgan fingerprint density at radius 3 is 2.64 bits per heavy atom. The molecule has 0 spiro atoms. The monoisotopic (exact) mass is 402 g/mol. The quantitative estimate of drug-likeness (QED) is 0.730. The van der Waals surface area contributed by atoms with E-state index in [2.05, 4.69) is 18.7 Å². The Hall–Kier alpha value is -1.69. The smallest absolute Gasteiger partial charge is 0.0854 e. The molecule has 0 aromatic heterocycles. The van der Waals surface area contributed by atoms with Gasteiger partial charge in [0.2, 0.25) is 0 Å². The van der Waals surface area contributed by atoms with Gasteiger partial charge in [0.05, 0.1) is 31.5 Å². The minimum Gasteiger partial charge on any atom is -0.394 e. The van der Waals surface area contributed by atoms with Crippen LogP contribution in [0.4, 0.5) is 0 Å². The Balaban J connectivity index is 1.76. The Labute approximate surface area is 171 Å². The average Bonchev–Trinajstić information content (AvgIpc) is 2.70. The summed E-state index contributed by atoms with van der Waals surface area (Å²) in [5.74, 6) is 0. The first-order valence-corrected chi connectivity index (χ1v) is 9.86. The number of benzene rings is 2. The zero-order chi connectivity index (χ0) is 20.1. The SMILES string of the molecule is C=C(COC)c1ccc(Cc2cc(C3CC(O)CC(CO)O3)ccc2Cl)cc1. The molecular weight excluding hydrogens is 376 g/mol. The van der Waals surface area contributed by atoms with Crippen LogP contribution >= 0.6 is 11.6 Å². The number of hydrogen-bond donors (Lipinski definition) is 2. The molecule has 0 bridgehead atoms. The van der Waals surface area contributed by atoms with Crippen LogP contribution in [-0.4, -0.2) is 42.7 Å². The summed E-state index contributed by atoms with van der Waals surface area (Å²) in [6, 6.07) is 14.1. The Morgan fingerprint density at radius 1 is 1.21 bits per heavy atom. The molecule has 0 radical (unpaired) electrons. The molecule has 0 amide bonds. The van der Waals surface area contributed by atoms with E-state index in [1.54, 1.807) is 7.11 Å². The molecule has 4 nitrogen and oxygen atoms in total. The molecule has 3 rings (SSSR count). The first kappa shape index (κ1) is 21.0. The highest BCUT2D eigenvalue weighted by Crippen LogP contribution is 2.33. The van der Waals surface area contributed by atoms with Gasteiger partial charge in [0.1, 0.15) is 0 Å². The van der Waals surface area contributed by atoms with Gasteiger partial charge in [0, 0.05) is 25.0 Å². The number of rotatable bonds is 7. The van der Waals surface area contributed by atoms with Crippen molar-refractivity contribution in [3.05, 3.63) is 76.3 Å². The van der Waals surface area contributed by atoms with Crippen molar-refractivity contribution in [1.29, 1.82) is 0 Å². The number of hydrogen-bond acceptors (Lipinski definition) is 4. The lowest BCUT2D eigenvalue weighted by Crippen LogP contribution is -2.33. The number of halogens is 1. The van der Waals surface area contributed by atoms with Crippen molar-refractivity contribution in [1.82, 2.24) is 0 Å². The first-order chi connectivity index (χ1) is 13.5. The van der Waals surface area contributed by atoms with E-state index in [0.29, 0.717) is 30.9 Å². The molecule has 3 atom stereocenters. The molecule has 1 aliphatic heterocycles. The summed E-state index contributed by atoms with van der Waals surface area (Å²) in [4.78, 5) is 0. The lowest BCUT2D eigenvalue weighted by molar-refractivity contribution is -0.113. The molecule has 0 saturated carbocycles. The first-order valence-electron chi connectivity index (χ1n) is 9.49.